The number of nitrogens with zero attached hydrogens (tertiary/aromatic N) is 3. The Hall–Kier alpha value is -1.73. The Morgan fingerprint density at radius 1 is 1.55 bits per heavy atom. The van der Waals surface area contributed by atoms with E-state index in [1.807, 2.05) is 0 Å². The Balaban J connectivity index is 1.88. The zero-order chi connectivity index (χ0) is 14.2. The van der Waals surface area contributed by atoms with Gasteiger partial charge in [0, 0.05) is 32.7 Å². The van der Waals surface area contributed by atoms with Crippen molar-refractivity contribution >= 4 is 6.03 Å². The largest absolute Gasteiger partial charge is 0.383 e. The number of hydrogen-bond donors (Lipinski definition) is 1. The number of aromatic nitrogens is 2. The first-order chi connectivity index (χ1) is 9.81. The van der Waals surface area contributed by atoms with Gasteiger partial charge in [0.05, 0.1) is 25.8 Å². The van der Waals surface area contributed by atoms with E-state index < -0.39 is 0 Å². The molecule has 2 heterocycles. The van der Waals surface area contributed by atoms with Crippen LogP contribution in [0.15, 0.2) is 18.5 Å². The molecule has 110 valence electrons. The number of methoxy groups -OCH3 is 1. The molecule has 20 heavy (non-hydrogen) atoms. The van der Waals surface area contributed by atoms with E-state index in [4.69, 9.17) is 9.47 Å². The maximum Gasteiger partial charge on any atom is 0.318 e. The van der Waals surface area contributed by atoms with E-state index in [-0.39, 0.29) is 12.1 Å². The second kappa shape index (κ2) is 7.76. The summed E-state index contributed by atoms with van der Waals surface area (Å²) in [7, 11) is 1.62. The Morgan fingerprint density at radius 3 is 3.00 bits per heavy atom. The topological polar surface area (TPSA) is 76.6 Å². The van der Waals surface area contributed by atoms with Crippen molar-refractivity contribution in [1.29, 1.82) is 0 Å². The summed E-state index contributed by atoms with van der Waals surface area (Å²) in [5.41, 5.74) is 0. The molecule has 0 aromatic carbocycles. The van der Waals surface area contributed by atoms with Crippen LogP contribution in [0.2, 0.25) is 0 Å². The Bertz CT molecular complexity index is 409. The zero-order valence-corrected chi connectivity index (χ0v) is 11.6. The van der Waals surface area contributed by atoms with E-state index in [0.717, 1.165) is 6.42 Å². The van der Waals surface area contributed by atoms with Gasteiger partial charge in [-0.1, -0.05) is 0 Å². The van der Waals surface area contributed by atoms with E-state index in [1.165, 1.54) is 0 Å². The lowest BCUT2D eigenvalue weighted by atomic mass is 10.2. The molecule has 1 fully saturated rings. The summed E-state index contributed by atoms with van der Waals surface area (Å²) >= 11 is 0. The van der Waals surface area contributed by atoms with Crippen molar-refractivity contribution in [2.45, 2.75) is 19.0 Å². The first kappa shape index (κ1) is 14.7. The average Bonchev–Trinajstić information content (AvgIpc) is 3.01. The van der Waals surface area contributed by atoms with E-state index in [1.54, 1.807) is 30.5 Å². The predicted octanol–water partition coefficient (Wildman–Crippen LogP) is 0.423. The number of nitrogens with one attached hydrogen (secondary N) is 1. The molecule has 1 aromatic rings. The van der Waals surface area contributed by atoms with Gasteiger partial charge in [0.2, 0.25) is 0 Å². The molecule has 7 heteroatoms. The molecule has 0 saturated carbocycles. The second-order valence-corrected chi connectivity index (χ2v) is 4.53. The van der Waals surface area contributed by atoms with Gasteiger partial charge in [0.15, 0.2) is 0 Å². The lowest BCUT2D eigenvalue weighted by Gasteiger charge is -2.27. The van der Waals surface area contributed by atoms with Crippen molar-refractivity contribution in [3.63, 3.8) is 0 Å². The van der Waals surface area contributed by atoms with Crippen LogP contribution in [0.3, 0.4) is 0 Å². The highest BCUT2D eigenvalue weighted by Crippen LogP contribution is 2.12. The van der Waals surface area contributed by atoms with Crippen molar-refractivity contribution in [1.82, 2.24) is 20.2 Å². The minimum atomic E-state index is -0.134. The third-order valence-corrected chi connectivity index (χ3v) is 3.16. The highest BCUT2D eigenvalue weighted by atomic mass is 16.5. The van der Waals surface area contributed by atoms with Crippen LogP contribution in [0.25, 0.3) is 0 Å². The first-order valence-electron chi connectivity index (χ1n) is 6.68. The molecule has 0 unspecified atom stereocenters. The fourth-order valence-electron chi connectivity index (χ4n) is 2.08. The molecule has 7 nitrogen and oxygen atoms in total. The molecule has 1 aromatic heterocycles. The number of amides is 2. The quantitative estimate of drug-likeness (QED) is 0.817. The van der Waals surface area contributed by atoms with E-state index in [2.05, 4.69) is 15.3 Å². The minimum Gasteiger partial charge on any atom is -0.383 e. The van der Waals surface area contributed by atoms with Gasteiger partial charge in [-0.25, -0.2) is 14.8 Å². The van der Waals surface area contributed by atoms with Crippen LogP contribution in [-0.4, -0.2) is 60.4 Å². The van der Waals surface area contributed by atoms with Crippen molar-refractivity contribution in [3.05, 3.63) is 24.3 Å². The van der Waals surface area contributed by atoms with Gasteiger partial charge in [-0.2, -0.15) is 0 Å². The molecule has 1 N–H and O–H groups in total. The molecule has 2 amide bonds. The summed E-state index contributed by atoms with van der Waals surface area (Å²) in [5.74, 6) is 0.593. The molecule has 0 aliphatic carbocycles. The lowest BCUT2D eigenvalue weighted by Crippen LogP contribution is -2.47. The van der Waals surface area contributed by atoms with Gasteiger partial charge in [0.1, 0.15) is 5.82 Å². The lowest BCUT2D eigenvalue weighted by molar-refractivity contribution is 0.116. The van der Waals surface area contributed by atoms with Gasteiger partial charge in [-0.05, 0) is 12.5 Å². The SMILES string of the molecule is COCCN(C(=O)NCc1ncccn1)[C@H]1CCOC1. The molecule has 1 atom stereocenters. The average molecular weight is 280 g/mol. The minimum absolute atomic E-state index is 0.113. The molecular formula is C13H20N4O3. The highest BCUT2D eigenvalue weighted by Gasteiger charge is 2.26. The summed E-state index contributed by atoms with van der Waals surface area (Å²) in [6, 6.07) is 1.72. The van der Waals surface area contributed by atoms with Crippen molar-refractivity contribution < 1.29 is 14.3 Å². The second-order valence-electron chi connectivity index (χ2n) is 4.53. The van der Waals surface area contributed by atoms with Gasteiger partial charge >= 0.3 is 6.03 Å². The zero-order valence-electron chi connectivity index (χ0n) is 11.6. The molecule has 1 aliphatic rings. The number of rotatable bonds is 6. The number of ether oxygens (including phenoxy) is 2. The molecule has 1 aliphatic heterocycles. The molecule has 0 radical (unpaired) electrons. The summed E-state index contributed by atoms with van der Waals surface area (Å²) in [5, 5.41) is 2.84. The van der Waals surface area contributed by atoms with E-state index in [0.29, 0.717) is 38.7 Å². The van der Waals surface area contributed by atoms with Crippen molar-refractivity contribution in [2.75, 3.05) is 33.5 Å². The summed E-state index contributed by atoms with van der Waals surface area (Å²) in [4.78, 5) is 22.2. The van der Waals surface area contributed by atoms with E-state index >= 15 is 0 Å². The number of urea groups is 1. The van der Waals surface area contributed by atoms with Crippen LogP contribution < -0.4 is 5.32 Å². The number of hydrogen-bond acceptors (Lipinski definition) is 5. The maximum atomic E-state index is 12.3. The van der Waals surface area contributed by atoms with Crippen LogP contribution in [0.1, 0.15) is 12.2 Å². The molecule has 0 spiro atoms. The fraction of sp³-hybridized carbons (Fsp3) is 0.615. The Kier molecular flexibility index (Phi) is 5.69. The molecule has 1 saturated heterocycles. The number of carbonyl (C=O) groups excluding carboxylic acids is 1. The number of carbonyl (C=O) groups is 1. The van der Waals surface area contributed by atoms with Gasteiger partial charge in [0.25, 0.3) is 0 Å². The molecular weight excluding hydrogens is 260 g/mol. The van der Waals surface area contributed by atoms with Gasteiger partial charge in [-0.15, -0.1) is 0 Å². The third kappa shape index (κ3) is 4.14. The van der Waals surface area contributed by atoms with Gasteiger partial charge in [-0.3, -0.25) is 0 Å². The summed E-state index contributed by atoms with van der Waals surface area (Å²) in [6.45, 7) is 2.65. The summed E-state index contributed by atoms with van der Waals surface area (Å²) in [6.07, 6.45) is 4.17. The van der Waals surface area contributed by atoms with Gasteiger partial charge < -0.3 is 19.7 Å². The van der Waals surface area contributed by atoms with E-state index in [9.17, 15) is 4.79 Å². The third-order valence-electron chi connectivity index (χ3n) is 3.16. The van der Waals surface area contributed by atoms with Crippen LogP contribution in [-0.2, 0) is 16.0 Å². The van der Waals surface area contributed by atoms with Crippen LogP contribution in [0.4, 0.5) is 4.79 Å². The van der Waals surface area contributed by atoms with Crippen LogP contribution in [0, 0.1) is 0 Å². The van der Waals surface area contributed by atoms with Crippen molar-refractivity contribution in [3.8, 4) is 0 Å². The van der Waals surface area contributed by atoms with Crippen LogP contribution >= 0.6 is 0 Å². The normalized spacial score (nSPS) is 17.9. The fourth-order valence-corrected chi connectivity index (χ4v) is 2.08. The monoisotopic (exact) mass is 280 g/mol. The predicted molar refractivity (Wildman–Crippen MR) is 72.1 cm³/mol. The standard InChI is InChI=1S/C13H20N4O3/c1-19-8-6-17(11-3-7-20-10-11)13(18)16-9-12-14-4-2-5-15-12/h2,4-5,11H,3,6-10H2,1H3,(H,16,18)/t11-/m0/s1. The summed E-state index contributed by atoms with van der Waals surface area (Å²) < 4.78 is 10.4. The van der Waals surface area contributed by atoms with Crippen LogP contribution in [0.5, 0.6) is 0 Å². The Morgan fingerprint density at radius 2 is 2.35 bits per heavy atom. The highest BCUT2D eigenvalue weighted by molar-refractivity contribution is 5.74. The Labute approximate surface area is 118 Å². The molecule has 0 bridgehead atoms. The smallest absolute Gasteiger partial charge is 0.318 e. The first-order valence-corrected chi connectivity index (χ1v) is 6.68. The van der Waals surface area contributed by atoms with Crippen molar-refractivity contribution in [2.24, 2.45) is 0 Å². The maximum absolute atomic E-state index is 12.3. The molecule has 2 rings (SSSR count).